The number of hydrogen-bond donors (Lipinski definition) is 0. The van der Waals surface area contributed by atoms with Crippen LogP contribution < -0.4 is 14.4 Å². The van der Waals surface area contributed by atoms with E-state index < -0.39 is 5.60 Å². The largest absolute Gasteiger partial charge is 0.492 e. The van der Waals surface area contributed by atoms with Crippen LogP contribution in [0.5, 0.6) is 17.4 Å². The van der Waals surface area contributed by atoms with E-state index in [1.54, 1.807) is 10.7 Å². The monoisotopic (exact) mass is 433 g/mol. The molecule has 1 atom stereocenters. The summed E-state index contributed by atoms with van der Waals surface area (Å²) in [6.07, 6.45) is 0. The number of esters is 1. The summed E-state index contributed by atoms with van der Waals surface area (Å²) in [5, 5.41) is 4.60. The second kappa shape index (κ2) is 7.29. The second-order valence-electron chi connectivity index (χ2n) is 8.03. The zero-order chi connectivity index (χ0) is 22.6. The maximum absolute atomic E-state index is 13.0. The smallest absolute Gasteiger partial charge is 0.340 e. The Morgan fingerprint density at radius 2 is 1.88 bits per heavy atom. The van der Waals surface area contributed by atoms with Crippen molar-refractivity contribution in [3.05, 3.63) is 64.3 Å². The lowest BCUT2D eigenvalue weighted by atomic mass is 9.78. The molecule has 0 amide bonds. The number of anilines is 1. The second-order valence-corrected chi connectivity index (χ2v) is 8.03. The molecule has 0 N–H and O–H groups in total. The van der Waals surface area contributed by atoms with Crippen molar-refractivity contribution in [1.29, 1.82) is 0 Å². The van der Waals surface area contributed by atoms with Crippen LogP contribution in [0, 0.1) is 6.92 Å². The van der Waals surface area contributed by atoms with Crippen LogP contribution in [-0.4, -0.2) is 35.4 Å². The van der Waals surface area contributed by atoms with E-state index in [1.807, 2.05) is 51.2 Å². The first-order valence-corrected chi connectivity index (χ1v) is 11.1. The van der Waals surface area contributed by atoms with Crippen molar-refractivity contribution in [2.45, 2.75) is 33.3 Å². The van der Waals surface area contributed by atoms with Crippen molar-refractivity contribution >= 4 is 11.7 Å². The summed E-state index contributed by atoms with van der Waals surface area (Å²) in [6, 6.07) is 11.5. The average molecular weight is 434 g/mol. The van der Waals surface area contributed by atoms with Gasteiger partial charge in [0.25, 0.3) is 0 Å². The molecule has 5 rings (SSSR count). The SMILES string of the molecule is CCOc1cc2c(cc1N(CC)CC)Oc1c(c(C)nn1C)C21OC(=O)c2ccccc21. The van der Waals surface area contributed by atoms with Gasteiger partial charge < -0.3 is 19.1 Å². The molecule has 3 aromatic rings. The number of rotatable bonds is 5. The van der Waals surface area contributed by atoms with Crippen molar-refractivity contribution in [3.8, 4) is 17.4 Å². The van der Waals surface area contributed by atoms with Gasteiger partial charge in [0.1, 0.15) is 11.5 Å². The van der Waals surface area contributed by atoms with Crippen molar-refractivity contribution in [3.63, 3.8) is 0 Å². The third kappa shape index (κ3) is 2.60. The van der Waals surface area contributed by atoms with Crippen LogP contribution in [0.2, 0.25) is 0 Å². The number of aromatic nitrogens is 2. The van der Waals surface area contributed by atoms with Crippen molar-refractivity contribution < 1.29 is 19.0 Å². The van der Waals surface area contributed by atoms with E-state index in [0.29, 0.717) is 23.8 Å². The van der Waals surface area contributed by atoms with Crippen molar-refractivity contribution in [2.75, 3.05) is 24.6 Å². The van der Waals surface area contributed by atoms with Gasteiger partial charge in [0.05, 0.1) is 34.7 Å². The first-order valence-electron chi connectivity index (χ1n) is 11.1. The molecule has 0 saturated heterocycles. The number of hydrogen-bond acceptors (Lipinski definition) is 6. The molecule has 0 aliphatic carbocycles. The minimum atomic E-state index is -1.14. The number of nitrogens with zero attached hydrogens (tertiary/aromatic N) is 3. The Morgan fingerprint density at radius 1 is 1.12 bits per heavy atom. The Kier molecular flexibility index (Phi) is 4.65. The van der Waals surface area contributed by atoms with Crippen LogP contribution >= 0.6 is 0 Å². The molecule has 2 aliphatic heterocycles. The van der Waals surface area contributed by atoms with Gasteiger partial charge in [-0.2, -0.15) is 5.10 Å². The number of carbonyl (C=O) groups is 1. The molecule has 7 nitrogen and oxygen atoms in total. The molecule has 2 aliphatic rings. The normalized spacial score (nSPS) is 18.0. The number of fused-ring (bicyclic) bond motifs is 6. The van der Waals surface area contributed by atoms with Gasteiger partial charge in [-0.25, -0.2) is 9.48 Å². The summed E-state index contributed by atoms with van der Waals surface area (Å²) in [5.74, 6) is 1.60. The summed E-state index contributed by atoms with van der Waals surface area (Å²) < 4.78 is 20.4. The molecule has 2 aromatic carbocycles. The fraction of sp³-hybridized carbons (Fsp3) is 0.360. The number of ether oxygens (including phenoxy) is 3. The lowest BCUT2D eigenvalue weighted by molar-refractivity contribution is 0.0220. The van der Waals surface area contributed by atoms with E-state index in [1.165, 1.54) is 0 Å². The highest BCUT2D eigenvalue weighted by Crippen LogP contribution is 2.58. The molecule has 1 spiro atoms. The Bertz CT molecular complexity index is 1230. The molecule has 0 fully saturated rings. The highest BCUT2D eigenvalue weighted by Gasteiger charge is 2.56. The zero-order valence-electron chi connectivity index (χ0n) is 19.1. The topological polar surface area (TPSA) is 65.8 Å². The quantitative estimate of drug-likeness (QED) is 0.551. The summed E-state index contributed by atoms with van der Waals surface area (Å²) in [6.45, 7) is 10.3. The van der Waals surface area contributed by atoms with Gasteiger partial charge in [-0.1, -0.05) is 18.2 Å². The standard InChI is InChI=1S/C25H27N3O4/c1-6-28(7-2)19-14-20-18(13-21(19)30-8-3)25(22-15(4)26-27(5)23(22)31-20)17-12-10-9-11-16(17)24(29)32-25/h9-14H,6-8H2,1-5H3. The predicted octanol–water partition coefficient (Wildman–Crippen LogP) is 4.54. The summed E-state index contributed by atoms with van der Waals surface area (Å²) in [4.78, 5) is 15.2. The minimum Gasteiger partial charge on any atom is -0.492 e. The predicted molar refractivity (Wildman–Crippen MR) is 121 cm³/mol. The van der Waals surface area contributed by atoms with Crippen LogP contribution in [0.4, 0.5) is 5.69 Å². The van der Waals surface area contributed by atoms with Gasteiger partial charge in [0, 0.05) is 31.8 Å². The molecular weight excluding hydrogens is 406 g/mol. The van der Waals surface area contributed by atoms with Crippen molar-refractivity contribution in [1.82, 2.24) is 9.78 Å². The van der Waals surface area contributed by atoms with Gasteiger partial charge >= 0.3 is 5.97 Å². The maximum Gasteiger partial charge on any atom is 0.340 e. The number of benzene rings is 2. The summed E-state index contributed by atoms with van der Waals surface area (Å²) >= 11 is 0. The average Bonchev–Trinajstić information content (AvgIpc) is 3.24. The molecule has 1 aromatic heterocycles. The van der Waals surface area contributed by atoms with Gasteiger partial charge in [0.2, 0.25) is 5.88 Å². The molecule has 166 valence electrons. The fourth-order valence-electron chi connectivity index (χ4n) is 4.99. The molecule has 0 bridgehead atoms. The maximum atomic E-state index is 13.0. The Labute approximate surface area is 187 Å². The molecule has 0 radical (unpaired) electrons. The zero-order valence-corrected chi connectivity index (χ0v) is 19.1. The van der Waals surface area contributed by atoms with Gasteiger partial charge in [-0.05, 0) is 39.8 Å². The Balaban J connectivity index is 1.86. The lowest BCUT2D eigenvalue weighted by Crippen LogP contribution is -2.34. The van der Waals surface area contributed by atoms with Gasteiger partial charge in [-0.3, -0.25) is 0 Å². The number of carbonyl (C=O) groups excluding carboxylic acids is 1. The molecule has 3 heterocycles. The van der Waals surface area contributed by atoms with Crippen molar-refractivity contribution in [2.24, 2.45) is 7.05 Å². The van der Waals surface area contributed by atoms with E-state index in [-0.39, 0.29) is 5.97 Å². The lowest BCUT2D eigenvalue weighted by Gasteiger charge is -2.36. The third-order valence-electron chi connectivity index (χ3n) is 6.34. The summed E-state index contributed by atoms with van der Waals surface area (Å²) in [7, 11) is 1.84. The van der Waals surface area contributed by atoms with E-state index in [2.05, 4.69) is 23.8 Å². The highest BCUT2D eigenvalue weighted by atomic mass is 16.6. The van der Waals surface area contributed by atoms with Crippen LogP contribution in [0.1, 0.15) is 53.5 Å². The van der Waals surface area contributed by atoms with E-state index in [0.717, 1.165) is 46.9 Å². The fourth-order valence-corrected chi connectivity index (χ4v) is 4.99. The molecule has 0 saturated carbocycles. The van der Waals surface area contributed by atoms with Crippen LogP contribution in [0.25, 0.3) is 0 Å². The highest BCUT2D eigenvalue weighted by molar-refractivity contribution is 5.97. The van der Waals surface area contributed by atoms with E-state index in [4.69, 9.17) is 14.2 Å². The minimum absolute atomic E-state index is 0.353. The molecule has 32 heavy (non-hydrogen) atoms. The molecule has 1 unspecified atom stereocenters. The first kappa shape index (κ1) is 20.4. The van der Waals surface area contributed by atoms with Gasteiger partial charge in [-0.15, -0.1) is 0 Å². The van der Waals surface area contributed by atoms with Crippen LogP contribution in [0.3, 0.4) is 0 Å². The Hall–Kier alpha value is -3.48. The molecule has 7 heteroatoms. The molecular formula is C25H27N3O4. The third-order valence-corrected chi connectivity index (χ3v) is 6.34. The number of aryl methyl sites for hydroxylation is 2. The van der Waals surface area contributed by atoms with E-state index in [9.17, 15) is 4.79 Å². The Morgan fingerprint density at radius 3 is 2.59 bits per heavy atom. The summed E-state index contributed by atoms with van der Waals surface area (Å²) in [5.41, 5.74) is 3.42. The van der Waals surface area contributed by atoms with Gasteiger partial charge in [0.15, 0.2) is 5.60 Å². The van der Waals surface area contributed by atoms with Crippen LogP contribution in [0.15, 0.2) is 36.4 Å². The first-order chi connectivity index (χ1) is 15.5. The van der Waals surface area contributed by atoms with Crippen LogP contribution in [-0.2, 0) is 17.4 Å². The van der Waals surface area contributed by atoms with E-state index >= 15 is 0 Å².